The standard InChI is InChI=1S/C14H12BrClOS/c1-14(2,9-6-4-3-5-7-9)12(17)11-8-10(15)13(16)18-11/h3-8H,1-2H3. The van der Waals surface area contributed by atoms with Crippen molar-refractivity contribution in [3.8, 4) is 0 Å². The zero-order valence-corrected chi connectivity index (χ0v) is 13.2. The monoisotopic (exact) mass is 342 g/mol. The quantitative estimate of drug-likeness (QED) is 0.689. The Kier molecular flexibility index (Phi) is 3.95. The van der Waals surface area contributed by atoms with Crippen LogP contribution in [0.15, 0.2) is 40.9 Å². The lowest BCUT2D eigenvalue weighted by Gasteiger charge is -2.22. The van der Waals surface area contributed by atoms with E-state index in [0.717, 1.165) is 10.0 Å². The second-order valence-electron chi connectivity index (χ2n) is 4.55. The first kappa shape index (κ1) is 13.8. The fraction of sp³-hybridized carbons (Fsp3) is 0.214. The van der Waals surface area contributed by atoms with E-state index in [-0.39, 0.29) is 5.78 Å². The first-order valence-electron chi connectivity index (χ1n) is 5.48. The molecule has 0 aliphatic heterocycles. The van der Waals surface area contributed by atoms with Crippen molar-refractivity contribution >= 4 is 44.7 Å². The molecule has 0 fully saturated rings. The maximum atomic E-state index is 12.6. The highest BCUT2D eigenvalue weighted by atomic mass is 79.9. The van der Waals surface area contributed by atoms with Crippen molar-refractivity contribution in [2.75, 3.05) is 0 Å². The molecule has 1 nitrogen and oxygen atoms in total. The van der Waals surface area contributed by atoms with Crippen LogP contribution < -0.4 is 0 Å². The molecule has 2 rings (SSSR count). The van der Waals surface area contributed by atoms with E-state index in [1.165, 1.54) is 11.3 Å². The minimum atomic E-state index is -0.547. The van der Waals surface area contributed by atoms with E-state index in [4.69, 9.17) is 11.6 Å². The van der Waals surface area contributed by atoms with Crippen molar-refractivity contribution in [3.05, 3.63) is 55.6 Å². The third-order valence-corrected chi connectivity index (χ3v) is 5.41. The van der Waals surface area contributed by atoms with E-state index >= 15 is 0 Å². The van der Waals surface area contributed by atoms with Crippen LogP contribution in [0.1, 0.15) is 29.1 Å². The molecule has 1 aromatic carbocycles. The van der Waals surface area contributed by atoms with Crippen LogP contribution in [0.3, 0.4) is 0 Å². The van der Waals surface area contributed by atoms with Crippen LogP contribution in [0.25, 0.3) is 0 Å². The highest BCUT2D eigenvalue weighted by molar-refractivity contribution is 9.10. The van der Waals surface area contributed by atoms with E-state index in [1.54, 1.807) is 6.07 Å². The second-order valence-corrected chi connectivity index (χ2v) is 7.06. The van der Waals surface area contributed by atoms with Crippen molar-refractivity contribution in [1.82, 2.24) is 0 Å². The lowest BCUT2D eigenvalue weighted by molar-refractivity contribution is 0.0913. The van der Waals surface area contributed by atoms with Crippen LogP contribution in [0.2, 0.25) is 4.34 Å². The molecule has 0 radical (unpaired) electrons. The number of benzene rings is 1. The normalized spacial score (nSPS) is 11.6. The Bertz CT molecular complexity index is 555. The molecule has 0 spiro atoms. The first-order valence-corrected chi connectivity index (χ1v) is 7.47. The topological polar surface area (TPSA) is 17.1 Å². The molecule has 0 atom stereocenters. The Balaban J connectivity index is 2.39. The summed E-state index contributed by atoms with van der Waals surface area (Å²) in [6, 6.07) is 11.6. The number of carbonyl (C=O) groups is 1. The molecule has 0 saturated carbocycles. The van der Waals surface area contributed by atoms with E-state index in [2.05, 4.69) is 15.9 Å². The summed E-state index contributed by atoms with van der Waals surface area (Å²) >= 11 is 10.6. The molecule has 0 amide bonds. The number of Topliss-reactive ketones (excluding diaryl/α,β-unsaturated/α-hetero) is 1. The first-order chi connectivity index (χ1) is 8.43. The lowest BCUT2D eigenvalue weighted by atomic mass is 9.80. The van der Waals surface area contributed by atoms with Gasteiger partial charge in [0.25, 0.3) is 0 Å². The van der Waals surface area contributed by atoms with Gasteiger partial charge in [0, 0.05) is 4.47 Å². The van der Waals surface area contributed by atoms with E-state index < -0.39 is 5.41 Å². The van der Waals surface area contributed by atoms with Crippen molar-refractivity contribution in [1.29, 1.82) is 0 Å². The van der Waals surface area contributed by atoms with Crippen molar-refractivity contribution < 1.29 is 4.79 Å². The summed E-state index contributed by atoms with van der Waals surface area (Å²) in [5.41, 5.74) is 0.463. The molecule has 0 aliphatic carbocycles. The van der Waals surface area contributed by atoms with Crippen LogP contribution in [0, 0.1) is 0 Å². The molecule has 0 N–H and O–H groups in total. The van der Waals surface area contributed by atoms with Crippen molar-refractivity contribution in [2.45, 2.75) is 19.3 Å². The van der Waals surface area contributed by atoms with Gasteiger partial charge in [-0.3, -0.25) is 4.79 Å². The lowest BCUT2D eigenvalue weighted by Crippen LogP contribution is -2.28. The van der Waals surface area contributed by atoms with E-state index in [0.29, 0.717) is 9.21 Å². The highest BCUT2D eigenvalue weighted by Crippen LogP contribution is 2.36. The third kappa shape index (κ3) is 2.53. The smallest absolute Gasteiger partial charge is 0.182 e. The highest BCUT2D eigenvalue weighted by Gasteiger charge is 2.31. The van der Waals surface area contributed by atoms with Crippen LogP contribution in [0.4, 0.5) is 0 Å². The van der Waals surface area contributed by atoms with Crippen molar-refractivity contribution in [2.24, 2.45) is 0 Å². The van der Waals surface area contributed by atoms with Crippen molar-refractivity contribution in [3.63, 3.8) is 0 Å². The van der Waals surface area contributed by atoms with Crippen LogP contribution >= 0.6 is 38.9 Å². The van der Waals surface area contributed by atoms with Crippen LogP contribution in [-0.4, -0.2) is 5.78 Å². The minimum absolute atomic E-state index is 0.0892. The predicted molar refractivity (Wildman–Crippen MR) is 80.8 cm³/mol. The largest absolute Gasteiger partial charge is 0.292 e. The molecule has 94 valence electrons. The Morgan fingerprint density at radius 3 is 2.39 bits per heavy atom. The molecule has 0 unspecified atom stereocenters. The molecule has 1 aromatic heterocycles. The van der Waals surface area contributed by atoms with Gasteiger partial charge in [-0.25, -0.2) is 0 Å². The molecule has 0 aliphatic rings. The summed E-state index contributed by atoms with van der Waals surface area (Å²) in [6.07, 6.45) is 0. The summed E-state index contributed by atoms with van der Waals surface area (Å²) in [4.78, 5) is 13.2. The zero-order chi connectivity index (χ0) is 13.3. The summed E-state index contributed by atoms with van der Waals surface area (Å²) in [7, 11) is 0. The molecule has 1 heterocycles. The Labute approximate surface area is 124 Å². The summed E-state index contributed by atoms with van der Waals surface area (Å²) < 4.78 is 1.39. The number of rotatable bonds is 3. The maximum absolute atomic E-state index is 12.6. The van der Waals surface area contributed by atoms with Gasteiger partial charge in [0.05, 0.1) is 10.3 Å². The fourth-order valence-corrected chi connectivity index (χ4v) is 3.55. The number of thiophene rings is 1. The van der Waals surface area contributed by atoms with Gasteiger partial charge in [0.1, 0.15) is 4.34 Å². The molecule has 0 bridgehead atoms. The summed E-state index contributed by atoms with van der Waals surface area (Å²) in [6.45, 7) is 3.87. The van der Waals surface area contributed by atoms with Gasteiger partial charge in [0.15, 0.2) is 5.78 Å². The van der Waals surface area contributed by atoms with Gasteiger partial charge >= 0.3 is 0 Å². The Morgan fingerprint density at radius 2 is 1.89 bits per heavy atom. The van der Waals surface area contributed by atoms with Gasteiger partial charge in [-0.05, 0) is 41.4 Å². The summed E-state index contributed by atoms with van der Waals surface area (Å²) in [5, 5.41) is 0. The number of hydrogen-bond donors (Lipinski definition) is 0. The van der Waals surface area contributed by atoms with Gasteiger partial charge in [0.2, 0.25) is 0 Å². The van der Waals surface area contributed by atoms with Gasteiger partial charge in [-0.15, -0.1) is 11.3 Å². The fourth-order valence-electron chi connectivity index (χ4n) is 1.75. The van der Waals surface area contributed by atoms with Gasteiger partial charge in [-0.1, -0.05) is 41.9 Å². The second kappa shape index (κ2) is 5.16. The summed E-state index contributed by atoms with van der Waals surface area (Å²) in [5.74, 6) is 0.0892. The SMILES string of the molecule is CC(C)(C(=O)c1cc(Br)c(Cl)s1)c1ccccc1. The zero-order valence-electron chi connectivity index (χ0n) is 10.0. The third-order valence-electron chi connectivity index (χ3n) is 2.93. The number of carbonyl (C=O) groups excluding carboxylic acids is 1. The van der Waals surface area contributed by atoms with Gasteiger partial charge in [-0.2, -0.15) is 0 Å². The average Bonchev–Trinajstić information content (AvgIpc) is 2.69. The van der Waals surface area contributed by atoms with Crippen LogP contribution in [0.5, 0.6) is 0 Å². The number of hydrogen-bond acceptors (Lipinski definition) is 2. The average molecular weight is 344 g/mol. The molecular weight excluding hydrogens is 332 g/mol. The molecular formula is C14H12BrClOS. The molecule has 0 saturated heterocycles. The van der Waals surface area contributed by atoms with E-state index in [1.807, 2.05) is 44.2 Å². The van der Waals surface area contributed by atoms with Gasteiger partial charge < -0.3 is 0 Å². The molecule has 2 aromatic rings. The number of ketones is 1. The predicted octanol–water partition coefficient (Wildman–Crippen LogP) is 5.32. The maximum Gasteiger partial charge on any atom is 0.182 e. The minimum Gasteiger partial charge on any atom is -0.292 e. The number of halogens is 2. The van der Waals surface area contributed by atoms with Crippen LogP contribution in [-0.2, 0) is 5.41 Å². The Morgan fingerprint density at radius 1 is 1.28 bits per heavy atom. The van der Waals surface area contributed by atoms with E-state index in [9.17, 15) is 4.79 Å². The molecule has 18 heavy (non-hydrogen) atoms. The molecule has 4 heteroatoms. The Hall–Kier alpha value is -0.640.